The molecule has 8 aromatic rings. The topological polar surface area (TPSA) is 104 Å². The van der Waals surface area contributed by atoms with Gasteiger partial charge >= 0.3 is 29.6 Å². The van der Waals surface area contributed by atoms with Crippen molar-refractivity contribution in [3.63, 3.8) is 0 Å². The Kier molecular flexibility index (Phi) is 16.2. The van der Waals surface area contributed by atoms with Crippen LogP contribution in [0.1, 0.15) is 13.3 Å². The fourth-order valence-electron chi connectivity index (χ4n) is 8.72. The molecular formula is C58H52N3NaO7S2. The molecule has 1 heterocycles. The molecule has 0 aromatic heterocycles. The molecule has 0 saturated heterocycles. The number of rotatable bonds is 17. The Morgan fingerprint density at radius 2 is 0.789 bits per heavy atom. The molecule has 0 amide bonds. The Balaban J connectivity index is 0.00000676. The van der Waals surface area contributed by atoms with Crippen LogP contribution in [0.25, 0.3) is 22.3 Å². The number of fused-ring (bicyclic) bond motifs is 2. The molecule has 0 spiro atoms. The first-order valence-corrected chi connectivity index (χ1v) is 25.0. The van der Waals surface area contributed by atoms with E-state index < -0.39 is 15.4 Å². The number of benzene rings is 8. The monoisotopic (exact) mass is 989 g/mol. The summed E-state index contributed by atoms with van der Waals surface area (Å²) >= 11 is 1.68. The van der Waals surface area contributed by atoms with E-state index >= 15 is 0 Å². The molecular weight excluding hydrogens is 938 g/mol. The second kappa shape index (κ2) is 22.6. The zero-order valence-electron chi connectivity index (χ0n) is 40.5. The molecule has 71 heavy (non-hydrogen) atoms. The van der Waals surface area contributed by atoms with Gasteiger partial charge in [0.2, 0.25) is 0 Å². The number of ether oxygens (including phenoxy) is 4. The molecule has 1 unspecified atom stereocenters. The Morgan fingerprint density at radius 3 is 1.07 bits per heavy atom. The van der Waals surface area contributed by atoms with Gasteiger partial charge in [0.25, 0.3) is 0 Å². The number of hydrogen-bond donors (Lipinski definition) is 0. The summed E-state index contributed by atoms with van der Waals surface area (Å²) < 4.78 is 59.0. The van der Waals surface area contributed by atoms with Crippen molar-refractivity contribution in [1.29, 1.82) is 0 Å². The van der Waals surface area contributed by atoms with Gasteiger partial charge in [-0.3, -0.25) is 0 Å². The summed E-state index contributed by atoms with van der Waals surface area (Å²) in [6.07, 6.45) is 3.24. The third-order valence-electron chi connectivity index (χ3n) is 12.4. The SMILES string of the molecule is C/C=C/C(CCN1c2ccc(-c3ccc(N(c4ccc(OC)cc4)c4ccc(OC)cc4)cc3)cc2Sc2cc(-c3ccc(N(c4ccc(OC)cc4)c4ccc(OC)cc4)cc3)ccc21)S(=O)(=O)[O-].[Na+]. The Morgan fingerprint density at radius 1 is 0.493 bits per heavy atom. The molecule has 10 nitrogen and oxygen atoms in total. The first-order chi connectivity index (χ1) is 34.1. The summed E-state index contributed by atoms with van der Waals surface area (Å²) in [7, 11) is 2.07. The van der Waals surface area contributed by atoms with Crippen LogP contribution in [0, 0.1) is 0 Å². The summed E-state index contributed by atoms with van der Waals surface area (Å²) in [5.41, 5.74) is 11.9. The standard InChI is InChI=1S/C58H53N3O7S2.Na/c1-6-7-54(70(62,63)64)36-37-59-55-34-12-42(40-8-14-44(15-9-40)60(46-18-26-50(65-2)27-19-46)47-20-28-51(66-3)29-21-47)38-57(55)69-58-39-43(13-35-56(58)59)41-10-16-45(17-11-41)61(48-22-30-52(67-4)31-23-48)49-24-32-53(68-5)33-25-49;/h6-35,38-39,54H,36-37H2,1-5H3,(H,62,63,64);/q;+1/p-1/b7-6+;. The van der Waals surface area contributed by atoms with Crippen LogP contribution in [0.15, 0.2) is 204 Å². The van der Waals surface area contributed by atoms with Crippen LogP contribution < -0.4 is 63.2 Å². The molecule has 0 radical (unpaired) electrons. The average molecular weight is 990 g/mol. The van der Waals surface area contributed by atoms with Crippen LogP contribution in [0.2, 0.25) is 0 Å². The maximum Gasteiger partial charge on any atom is 1.00 e. The van der Waals surface area contributed by atoms with Crippen molar-refractivity contribution in [2.45, 2.75) is 28.4 Å². The van der Waals surface area contributed by atoms with Crippen LogP contribution in [-0.2, 0) is 10.1 Å². The van der Waals surface area contributed by atoms with E-state index in [-0.39, 0.29) is 36.0 Å². The van der Waals surface area contributed by atoms with Gasteiger partial charge in [-0.1, -0.05) is 60.3 Å². The number of anilines is 8. The molecule has 1 atom stereocenters. The van der Waals surface area contributed by atoms with E-state index in [1.54, 1.807) is 53.2 Å². The fraction of sp³-hybridized carbons (Fsp3) is 0.138. The predicted molar refractivity (Wildman–Crippen MR) is 283 cm³/mol. The first-order valence-electron chi connectivity index (χ1n) is 22.8. The van der Waals surface area contributed by atoms with Crippen molar-refractivity contribution in [2.75, 3.05) is 49.7 Å². The van der Waals surface area contributed by atoms with E-state index in [1.807, 2.05) is 97.1 Å². The van der Waals surface area contributed by atoms with Crippen molar-refractivity contribution in [1.82, 2.24) is 0 Å². The Hall–Kier alpha value is -6.64. The van der Waals surface area contributed by atoms with E-state index in [4.69, 9.17) is 18.9 Å². The molecule has 0 N–H and O–H groups in total. The van der Waals surface area contributed by atoms with Gasteiger partial charge in [-0.2, -0.15) is 0 Å². The third-order valence-corrected chi connectivity index (χ3v) is 14.6. The zero-order chi connectivity index (χ0) is 48.8. The van der Waals surface area contributed by atoms with Crippen LogP contribution in [0.4, 0.5) is 45.5 Å². The van der Waals surface area contributed by atoms with E-state index in [0.717, 1.165) is 101 Å². The molecule has 1 aliphatic heterocycles. The van der Waals surface area contributed by atoms with Gasteiger partial charge in [-0.05, 0) is 181 Å². The van der Waals surface area contributed by atoms with Gasteiger partial charge in [0.1, 0.15) is 33.1 Å². The molecule has 0 fully saturated rings. The average Bonchev–Trinajstić information content (AvgIpc) is 3.40. The summed E-state index contributed by atoms with van der Waals surface area (Å²) in [4.78, 5) is 8.55. The first kappa shape index (κ1) is 50.7. The maximum atomic E-state index is 12.4. The summed E-state index contributed by atoms with van der Waals surface area (Å²) in [6, 6.07) is 61.7. The van der Waals surface area contributed by atoms with Gasteiger partial charge < -0.3 is 38.2 Å². The number of hydrogen-bond acceptors (Lipinski definition) is 11. The molecule has 8 aromatic carbocycles. The fourth-order valence-corrected chi connectivity index (χ4v) is 10.6. The van der Waals surface area contributed by atoms with Crippen LogP contribution in [-0.4, -0.2) is 53.2 Å². The van der Waals surface area contributed by atoms with Crippen molar-refractivity contribution in [3.8, 4) is 45.3 Å². The van der Waals surface area contributed by atoms with Crippen molar-refractivity contribution >= 4 is 67.4 Å². The van der Waals surface area contributed by atoms with Crippen molar-refractivity contribution in [2.24, 2.45) is 0 Å². The number of methoxy groups -OCH3 is 4. The van der Waals surface area contributed by atoms with Gasteiger partial charge in [-0.15, -0.1) is 0 Å². The van der Waals surface area contributed by atoms with Crippen molar-refractivity contribution in [3.05, 3.63) is 194 Å². The van der Waals surface area contributed by atoms with Crippen LogP contribution in [0.3, 0.4) is 0 Å². The van der Waals surface area contributed by atoms with E-state index in [1.165, 1.54) is 6.08 Å². The zero-order valence-corrected chi connectivity index (χ0v) is 44.1. The van der Waals surface area contributed by atoms with Gasteiger partial charge in [0.05, 0.1) is 45.1 Å². The molecule has 0 saturated carbocycles. The van der Waals surface area contributed by atoms with Crippen LogP contribution >= 0.6 is 11.8 Å². The minimum Gasteiger partial charge on any atom is -0.747 e. The molecule has 0 aliphatic carbocycles. The number of nitrogens with zero attached hydrogens (tertiary/aromatic N) is 3. The minimum absolute atomic E-state index is 0. The summed E-state index contributed by atoms with van der Waals surface area (Å²) in [6.45, 7) is 2.05. The Bertz CT molecular complexity index is 2920. The van der Waals surface area contributed by atoms with Gasteiger partial charge in [0.15, 0.2) is 0 Å². The maximum absolute atomic E-state index is 12.4. The second-order valence-corrected chi connectivity index (χ2v) is 19.2. The molecule has 9 rings (SSSR count). The van der Waals surface area contributed by atoms with Gasteiger partial charge in [0, 0.05) is 50.5 Å². The quantitative estimate of drug-likeness (QED) is 0.0495. The van der Waals surface area contributed by atoms with E-state index in [9.17, 15) is 13.0 Å². The van der Waals surface area contributed by atoms with Crippen molar-refractivity contribution < 1.29 is 61.5 Å². The van der Waals surface area contributed by atoms with E-state index in [0.29, 0.717) is 6.54 Å². The summed E-state index contributed by atoms with van der Waals surface area (Å²) in [5.74, 6) is 3.10. The van der Waals surface area contributed by atoms with Crippen LogP contribution in [0.5, 0.6) is 23.0 Å². The molecule has 1 aliphatic rings. The number of allylic oxidation sites excluding steroid dienone is 1. The normalized spacial score (nSPS) is 12.3. The van der Waals surface area contributed by atoms with Gasteiger partial charge in [-0.25, -0.2) is 8.42 Å². The molecule has 354 valence electrons. The third kappa shape index (κ3) is 11.3. The van der Waals surface area contributed by atoms with E-state index in [2.05, 4.69) is 99.6 Å². The molecule has 0 bridgehead atoms. The Labute approximate surface area is 443 Å². The minimum atomic E-state index is -4.57. The predicted octanol–water partition coefficient (Wildman–Crippen LogP) is 11.5. The smallest absolute Gasteiger partial charge is 0.747 e. The second-order valence-electron chi connectivity index (χ2n) is 16.5. The molecule has 13 heteroatoms. The largest absolute Gasteiger partial charge is 1.00 e. The summed E-state index contributed by atoms with van der Waals surface area (Å²) in [5, 5.41) is -1.15.